The molecule has 1 fully saturated rings. The van der Waals surface area contributed by atoms with Crippen molar-refractivity contribution in [1.82, 2.24) is 15.1 Å². The van der Waals surface area contributed by atoms with Gasteiger partial charge in [0, 0.05) is 43.0 Å². The van der Waals surface area contributed by atoms with E-state index in [-0.39, 0.29) is 5.91 Å². The number of likely N-dealkylation sites (tertiary alicyclic amines) is 1. The fourth-order valence-electron chi connectivity index (χ4n) is 2.88. The Kier molecular flexibility index (Phi) is 4.01. The zero-order chi connectivity index (χ0) is 14.7. The van der Waals surface area contributed by atoms with Crippen LogP contribution in [0.2, 0.25) is 0 Å². The molecule has 3 N–H and O–H groups in total. The molecule has 5 nitrogen and oxygen atoms in total. The van der Waals surface area contributed by atoms with Gasteiger partial charge in [0.2, 0.25) is 0 Å². The van der Waals surface area contributed by atoms with Gasteiger partial charge in [-0.05, 0) is 36.6 Å². The Morgan fingerprint density at radius 1 is 1.33 bits per heavy atom. The van der Waals surface area contributed by atoms with Crippen LogP contribution in [0.4, 0.5) is 0 Å². The van der Waals surface area contributed by atoms with Gasteiger partial charge in [-0.25, -0.2) is 0 Å². The first-order valence-corrected chi connectivity index (χ1v) is 7.35. The first-order chi connectivity index (χ1) is 10.3. The van der Waals surface area contributed by atoms with Crippen LogP contribution in [0.1, 0.15) is 40.4 Å². The lowest BCUT2D eigenvalue weighted by Crippen LogP contribution is -2.39. The average molecular weight is 284 g/mol. The van der Waals surface area contributed by atoms with Gasteiger partial charge in [0.05, 0.1) is 0 Å². The van der Waals surface area contributed by atoms with Gasteiger partial charge in [0.25, 0.3) is 5.91 Å². The standard InChI is InChI=1S/C16H20N4O/c17-10-12-3-5-13(6-4-12)16(21)20-9-1-2-14(11-20)15-7-8-18-19-15/h3-8,14H,1-2,9-11,17H2,(H,18,19). The van der Waals surface area contributed by atoms with E-state index in [1.807, 2.05) is 35.2 Å². The zero-order valence-electron chi connectivity index (χ0n) is 12.0. The van der Waals surface area contributed by atoms with Crippen LogP contribution in [0.15, 0.2) is 36.5 Å². The van der Waals surface area contributed by atoms with Crippen LogP contribution in [0.5, 0.6) is 0 Å². The lowest BCUT2D eigenvalue weighted by Gasteiger charge is -2.32. The molecule has 0 aliphatic carbocycles. The molecule has 3 rings (SSSR count). The van der Waals surface area contributed by atoms with E-state index in [1.165, 1.54) is 0 Å². The van der Waals surface area contributed by atoms with Crippen molar-refractivity contribution in [3.8, 4) is 0 Å². The van der Waals surface area contributed by atoms with Crippen LogP contribution in [0.3, 0.4) is 0 Å². The molecule has 5 heteroatoms. The number of hydrogen-bond acceptors (Lipinski definition) is 3. The van der Waals surface area contributed by atoms with Crippen LogP contribution in [-0.4, -0.2) is 34.1 Å². The molecule has 1 atom stereocenters. The van der Waals surface area contributed by atoms with Crippen molar-refractivity contribution >= 4 is 5.91 Å². The number of aromatic nitrogens is 2. The number of benzene rings is 1. The SMILES string of the molecule is NCc1ccc(C(=O)N2CCCC(c3ccn[nH]3)C2)cc1. The number of nitrogens with two attached hydrogens (primary N) is 1. The summed E-state index contributed by atoms with van der Waals surface area (Å²) in [7, 11) is 0. The third kappa shape index (κ3) is 2.97. The number of carbonyl (C=O) groups is 1. The Hall–Kier alpha value is -2.14. The molecule has 1 aromatic heterocycles. The van der Waals surface area contributed by atoms with Crippen molar-refractivity contribution in [2.45, 2.75) is 25.3 Å². The second kappa shape index (κ2) is 6.10. The molecular weight excluding hydrogens is 264 g/mol. The van der Waals surface area contributed by atoms with Crippen LogP contribution in [0, 0.1) is 0 Å². The number of rotatable bonds is 3. The van der Waals surface area contributed by atoms with Crippen molar-refractivity contribution < 1.29 is 4.79 Å². The Balaban J connectivity index is 1.71. The van der Waals surface area contributed by atoms with E-state index < -0.39 is 0 Å². The Labute approximate surface area is 124 Å². The highest BCUT2D eigenvalue weighted by molar-refractivity contribution is 5.94. The summed E-state index contributed by atoms with van der Waals surface area (Å²) in [6.45, 7) is 2.07. The second-order valence-corrected chi connectivity index (χ2v) is 5.50. The van der Waals surface area contributed by atoms with Gasteiger partial charge in [-0.3, -0.25) is 9.89 Å². The normalized spacial score (nSPS) is 18.7. The van der Waals surface area contributed by atoms with E-state index in [0.717, 1.165) is 42.8 Å². The molecule has 1 aliphatic rings. The number of piperidine rings is 1. The maximum absolute atomic E-state index is 12.6. The molecule has 0 spiro atoms. The number of H-pyrrole nitrogens is 1. The molecular formula is C16H20N4O. The van der Waals surface area contributed by atoms with Crippen LogP contribution in [-0.2, 0) is 6.54 Å². The zero-order valence-corrected chi connectivity index (χ0v) is 12.0. The number of nitrogens with one attached hydrogen (secondary N) is 1. The van der Waals surface area contributed by atoms with E-state index in [9.17, 15) is 4.79 Å². The molecule has 2 aromatic rings. The fraction of sp³-hybridized carbons (Fsp3) is 0.375. The minimum atomic E-state index is 0.0998. The largest absolute Gasteiger partial charge is 0.338 e. The molecule has 1 unspecified atom stereocenters. The van der Waals surface area contributed by atoms with Gasteiger partial charge in [-0.2, -0.15) is 5.10 Å². The van der Waals surface area contributed by atoms with Crippen molar-refractivity contribution in [3.63, 3.8) is 0 Å². The average Bonchev–Trinajstić information content (AvgIpc) is 3.09. The van der Waals surface area contributed by atoms with Gasteiger partial charge < -0.3 is 10.6 Å². The van der Waals surface area contributed by atoms with E-state index in [0.29, 0.717) is 12.5 Å². The molecule has 1 aliphatic heterocycles. The number of amides is 1. The van der Waals surface area contributed by atoms with Gasteiger partial charge in [0.15, 0.2) is 0 Å². The summed E-state index contributed by atoms with van der Waals surface area (Å²) in [6, 6.07) is 9.57. The van der Waals surface area contributed by atoms with Crippen molar-refractivity contribution in [2.24, 2.45) is 5.73 Å². The molecule has 1 aromatic carbocycles. The monoisotopic (exact) mass is 284 g/mol. The molecule has 0 radical (unpaired) electrons. The molecule has 1 saturated heterocycles. The molecule has 0 bridgehead atoms. The van der Waals surface area contributed by atoms with Gasteiger partial charge in [-0.1, -0.05) is 12.1 Å². The van der Waals surface area contributed by atoms with E-state index in [2.05, 4.69) is 10.2 Å². The van der Waals surface area contributed by atoms with Crippen molar-refractivity contribution in [1.29, 1.82) is 0 Å². The summed E-state index contributed by atoms with van der Waals surface area (Å²) < 4.78 is 0. The highest BCUT2D eigenvalue weighted by atomic mass is 16.2. The number of hydrogen-bond donors (Lipinski definition) is 2. The van der Waals surface area contributed by atoms with Crippen LogP contribution >= 0.6 is 0 Å². The van der Waals surface area contributed by atoms with Gasteiger partial charge in [-0.15, -0.1) is 0 Å². The predicted octanol–water partition coefficient (Wildman–Crippen LogP) is 1.89. The second-order valence-electron chi connectivity index (χ2n) is 5.50. The van der Waals surface area contributed by atoms with E-state index in [1.54, 1.807) is 6.20 Å². The summed E-state index contributed by atoms with van der Waals surface area (Å²) in [5.41, 5.74) is 8.48. The summed E-state index contributed by atoms with van der Waals surface area (Å²) in [6.07, 6.45) is 3.88. The third-order valence-corrected chi connectivity index (χ3v) is 4.11. The van der Waals surface area contributed by atoms with Gasteiger partial charge in [0.1, 0.15) is 0 Å². The maximum atomic E-state index is 12.6. The Bertz CT molecular complexity index is 591. The molecule has 1 amide bonds. The van der Waals surface area contributed by atoms with Crippen LogP contribution < -0.4 is 5.73 Å². The van der Waals surface area contributed by atoms with E-state index >= 15 is 0 Å². The predicted molar refractivity (Wildman–Crippen MR) is 80.8 cm³/mol. The highest BCUT2D eigenvalue weighted by Gasteiger charge is 2.26. The maximum Gasteiger partial charge on any atom is 0.253 e. The van der Waals surface area contributed by atoms with Gasteiger partial charge >= 0.3 is 0 Å². The van der Waals surface area contributed by atoms with Crippen molar-refractivity contribution in [3.05, 3.63) is 53.3 Å². The molecule has 110 valence electrons. The number of aromatic amines is 1. The smallest absolute Gasteiger partial charge is 0.253 e. The third-order valence-electron chi connectivity index (χ3n) is 4.11. The summed E-state index contributed by atoms with van der Waals surface area (Å²) in [5.74, 6) is 0.455. The molecule has 21 heavy (non-hydrogen) atoms. The van der Waals surface area contributed by atoms with E-state index in [4.69, 9.17) is 5.73 Å². The highest BCUT2D eigenvalue weighted by Crippen LogP contribution is 2.26. The number of carbonyl (C=O) groups excluding carboxylic acids is 1. The Morgan fingerprint density at radius 3 is 2.81 bits per heavy atom. The lowest BCUT2D eigenvalue weighted by molar-refractivity contribution is 0.0706. The lowest BCUT2D eigenvalue weighted by atomic mass is 9.94. The quantitative estimate of drug-likeness (QED) is 0.903. The first kappa shape index (κ1) is 13.8. The van der Waals surface area contributed by atoms with Crippen LogP contribution in [0.25, 0.3) is 0 Å². The summed E-state index contributed by atoms with van der Waals surface area (Å²) >= 11 is 0. The summed E-state index contributed by atoms with van der Waals surface area (Å²) in [4.78, 5) is 14.5. The first-order valence-electron chi connectivity index (χ1n) is 7.35. The fourth-order valence-corrected chi connectivity index (χ4v) is 2.88. The minimum Gasteiger partial charge on any atom is -0.338 e. The number of nitrogens with zero attached hydrogens (tertiary/aromatic N) is 2. The topological polar surface area (TPSA) is 75.0 Å². The Morgan fingerprint density at radius 2 is 2.14 bits per heavy atom. The molecule has 2 heterocycles. The molecule has 0 saturated carbocycles. The minimum absolute atomic E-state index is 0.0998. The van der Waals surface area contributed by atoms with Crippen molar-refractivity contribution in [2.75, 3.05) is 13.1 Å². The summed E-state index contributed by atoms with van der Waals surface area (Å²) in [5, 5.41) is 7.02.